The largest absolute Gasteiger partial charge is 0.497 e. The second-order valence-electron chi connectivity index (χ2n) is 7.96. The van der Waals surface area contributed by atoms with Gasteiger partial charge in [0.15, 0.2) is 10.6 Å². The van der Waals surface area contributed by atoms with Crippen LogP contribution in [0.15, 0.2) is 60.8 Å². The number of aryl methyl sites for hydroxylation is 2. The number of amides is 1. The van der Waals surface area contributed by atoms with Gasteiger partial charge >= 0.3 is 0 Å². The van der Waals surface area contributed by atoms with E-state index >= 15 is 0 Å². The van der Waals surface area contributed by atoms with Gasteiger partial charge in [-0.1, -0.05) is 18.2 Å². The number of rotatable bonds is 10. The molecule has 34 heavy (non-hydrogen) atoms. The number of H-pyrrole nitrogens is 1. The van der Waals surface area contributed by atoms with Gasteiger partial charge in [-0.2, -0.15) is 10.2 Å². The van der Waals surface area contributed by atoms with E-state index in [1.165, 1.54) is 5.56 Å². The van der Waals surface area contributed by atoms with Crippen molar-refractivity contribution in [2.75, 3.05) is 13.7 Å². The Morgan fingerprint density at radius 2 is 1.91 bits per heavy atom. The first-order valence-electron chi connectivity index (χ1n) is 11.2. The Kier molecular flexibility index (Phi) is 7.54. The van der Waals surface area contributed by atoms with Crippen LogP contribution in [0.1, 0.15) is 24.1 Å². The van der Waals surface area contributed by atoms with Crippen molar-refractivity contribution in [2.24, 2.45) is 0 Å². The molecular formula is C25H28N6O2S. The van der Waals surface area contributed by atoms with Crippen LogP contribution in [-0.4, -0.2) is 44.1 Å². The lowest BCUT2D eigenvalue weighted by molar-refractivity contribution is -0.121. The SMILES string of the molecule is COc1ccc(-c2n[nH]c(=S)n2CCC(=O)NCCCc2cn(-c3ccccc3)nc2C)cc1. The fourth-order valence-electron chi connectivity index (χ4n) is 3.75. The van der Waals surface area contributed by atoms with Gasteiger partial charge in [0, 0.05) is 31.3 Å². The third-order valence-electron chi connectivity index (χ3n) is 5.64. The molecule has 1 amide bonds. The quantitative estimate of drug-likeness (QED) is 0.264. The van der Waals surface area contributed by atoms with Crippen molar-refractivity contribution in [3.63, 3.8) is 0 Å². The van der Waals surface area contributed by atoms with E-state index in [-0.39, 0.29) is 5.91 Å². The van der Waals surface area contributed by atoms with Gasteiger partial charge in [-0.3, -0.25) is 14.5 Å². The summed E-state index contributed by atoms with van der Waals surface area (Å²) in [6.07, 6.45) is 4.08. The Balaban J connectivity index is 1.26. The molecule has 0 atom stereocenters. The third-order valence-corrected chi connectivity index (χ3v) is 5.95. The average molecular weight is 477 g/mol. The van der Waals surface area contributed by atoms with Crippen LogP contribution in [-0.2, 0) is 17.8 Å². The number of para-hydroxylation sites is 1. The van der Waals surface area contributed by atoms with Gasteiger partial charge in [0.2, 0.25) is 5.91 Å². The summed E-state index contributed by atoms with van der Waals surface area (Å²) in [6, 6.07) is 17.6. The van der Waals surface area contributed by atoms with Crippen molar-refractivity contribution < 1.29 is 9.53 Å². The zero-order valence-electron chi connectivity index (χ0n) is 19.3. The van der Waals surface area contributed by atoms with E-state index in [9.17, 15) is 4.79 Å². The number of hydrogen-bond acceptors (Lipinski definition) is 5. The molecule has 8 nitrogen and oxygen atoms in total. The molecule has 2 N–H and O–H groups in total. The lowest BCUT2D eigenvalue weighted by Gasteiger charge is -2.08. The van der Waals surface area contributed by atoms with Gasteiger partial charge < -0.3 is 10.1 Å². The first-order valence-corrected chi connectivity index (χ1v) is 11.6. The molecule has 0 aliphatic carbocycles. The number of benzene rings is 2. The Morgan fingerprint density at radius 1 is 1.15 bits per heavy atom. The third kappa shape index (κ3) is 5.60. The first-order chi connectivity index (χ1) is 16.5. The monoisotopic (exact) mass is 476 g/mol. The summed E-state index contributed by atoms with van der Waals surface area (Å²) in [5.74, 6) is 1.46. The minimum absolute atomic E-state index is 0.0134. The van der Waals surface area contributed by atoms with Crippen molar-refractivity contribution in [3.05, 3.63) is 76.8 Å². The average Bonchev–Trinajstić information content (AvgIpc) is 3.43. The summed E-state index contributed by atoms with van der Waals surface area (Å²) in [4.78, 5) is 12.4. The number of hydrogen-bond donors (Lipinski definition) is 2. The van der Waals surface area contributed by atoms with Crippen molar-refractivity contribution >= 4 is 18.1 Å². The number of nitrogens with zero attached hydrogens (tertiary/aromatic N) is 4. The van der Waals surface area contributed by atoms with Crippen LogP contribution in [0.2, 0.25) is 0 Å². The molecule has 2 aromatic carbocycles. The summed E-state index contributed by atoms with van der Waals surface area (Å²) in [5.41, 5.74) is 4.14. The van der Waals surface area contributed by atoms with Crippen molar-refractivity contribution in [1.82, 2.24) is 29.9 Å². The molecule has 4 aromatic rings. The van der Waals surface area contributed by atoms with E-state index in [0.717, 1.165) is 35.5 Å². The molecule has 0 saturated carbocycles. The molecule has 2 aromatic heterocycles. The van der Waals surface area contributed by atoms with E-state index in [1.807, 2.05) is 70.8 Å². The molecule has 0 bridgehead atoms. The van der Waals surface area contributed by atoms with Gasteiger partial charge in [0.1, 0.15) is 5.75 Å². The van der Waals surface area contributed by atoms with Gasteiger partial charge in [-0.25, -0.2) is 4.68 Å². The summed E-state index contributed by atoms with van der Waals surface area (Å²) >= 11 is 5.36. The van der Waals surface area contributed by atoms with Crippen molar-refractivity contribution in [3.8, 4) is 22.8 Å². The molecule has 0 aliphatic heterocycles. The standard InChI is InChI=1S/C25H28N6O2S/c1-18-20(17-31(29-18)21-8-4-3-5-9-21)7-6-15-26-23(32)14-16-30-24(27-28-25(30)34)19-10-12-22(33-2)13-11-19/h3-5,8-13,17H,6-7,14-16H2,1-2H3,(H,26,32)(H,28,34). The molecule has 0 aliphatic rings. The predicted molar refractivity (Wildman–Crippen MR) is 134 cm³/mol. The minimum Gasteiger partial charge on any atom is -0.497 e. The van der Waals surface area contributed by atoms with Crippen LogP contribution in [0.4, 0.5) is 0 Å². The highest BCUT2D eigenvalue weighted by atomic mass is 32.1. The molecule has 176 valence electrons. The Bertz CT molecular complexity index is 1290. The number of carbonyl (C=O) groups is 1. The highest BCUT2D eigenvalue weighted by Crippen LogP contribution is 2.21. The van der Waals surface area contributed by atoms with Crippen LogP contribution in [0.25, 0.3) is 17.1 Å². The molecule has 2 heterocycles. The van der Waals surface area contributed by atoms with Crippen LogP contribution in [0.5, 0.6) is 5.75 Å². The second kappa shape index (κ2) is 10.9. The Labute approximate surface area is 203 Å². The Morgan fingerprint density at radius 3 is 2.65 bits per heavy atom. The van der Waals surface area contributed by atoms with E-state index in [1.54, 1.807) is 7.11 Å². The highest BCUT2D eigenvalue weighted by molar-refractivity contribution is 7.71. The fourth-order valence-corrected chi connectivity index (χ4v) is 3.97. The molecule has 0 radical (unpaired) electrons. The topological polar surface area (TPSA) is 89.8 Å². The second-order valence-corrected chi connectivity index (χ2v) is 8.34. The van der Waals surface area contributed by atoms with Crippen LogP contribution >= 0.6 is 12.2 Å². The maximum Gasteiger partial charge on any atom is 0.221 e. The lowest BCUT2D eigenvalue weighted by atomic mass is 10.1. The predicted octanol–water partition coefficient (Wildman–Crippen LogP) is 4.25. The van der Waals surface area contributed by atoms with Gasteiger partial charge in [0.05, 0.1) is 18.5 Å². The number of methoxy groups -OCH3 is 1. The number of nitrogens with one attached hydrogen (secondary N) is 2. The molecule has 4 rings (SSSR count). The van der Waals surface area contributed by atoms with Crippen LogP contribution in [0, 0.1) is 11.7 Å². The smallest absolute Gasteiger partial charge is 0.221 e. The fraction of sp³-hybridized carbons (Fsp3) is 0.280. The van der Waals surface area contributed by atoms with E-state index in [4.69, 9.17) is 17.0 Å². The summed E-state index contributed by atoms with van der Waals surface area (Å²) in [6.45, 7) is 3.07. The molecule has 0 spiro atoms. The van der Waals surface area contributed by atoms with Crippen molar-refractivity contribution in [2.45, 2.75) is 32.7 Å². The normalized spacial score (nSPS) is 10.9. The molecule has 0 saturated heterocycles. The van der Waals surface area contributed by atoms with Crippen molar-refractivity contribution in [1.29, 1.82) is 0 Å². The van der Waals surface area contributed by atoms with Gasteiger partial charge in [0.25, 0.3) is 0 Å². The zero-order valence-corrected chi connectivity index (χ0v) is 20.1. The van der Waals surface area contributed by atoms with Gasteiger partial charge in [-0.05, 0) is 73.9 Å². The molecular weight excluding hydrogens is 448 g/mol. The molecule has 0 fully saturated rings. The van der Waals surface area contributed by atoms with E-state index in [0.29, 0.717) is 30.1 Å². The van der Waals surface area contributed by atoms with Gasteiger partial charge in [-0.15, -0.1) is 0 Å². The number of ether oxygens (including phenoxy) is 1. The van der Waals surface area contributed by atoms with Crippen LogP contribution < -0.4 is 10.1 Å². The summed E-state index contributed by atoms with van der Waals surface area (Å²) in [7, 11) is 1.63. The molecule has 0 unspecified atom stereocenters. The maximum absolute atomic E-state index is 12.4. The van der Waals surface area contributed by atoms with E-state index < -0.39 is 0 Å². The summed E-state index contributed by atoms with van der Waals surface area (Å²) < 4.78 is 9.45. The molecule has 9 heteroatoms. The Hall–Kier alpha value is -3.72. The number of carbonyl (C=O) groups excluding carboxylic acids is 1. The zero-order chi connectivity index (χ0) is 23.9. The van der Waals surface area contributed by atoms with Crippen LogP contribution in [0.3, 0.4) is 0 Å². The lowest BCUT2D eigenvalue weighted by Crippen LogP contribution is -2.26. The van der Waals surface area contributed by atoms with E-state index in [2.05, 4.69) is 26.8 Å². The number of aromatic nitrogens is 5. The maximum atomic E-state index is 12.4. The first kappa shape index (κ1) is 23.4. The number of aromatic amines is 1. The minimum atomic E-state index is -0.0134. The highest BCUT2D eigenvalue weighted by Gasteiger charge is 2.11. The summed E-state index contributed by atoms with van der Waals surface area (Å²) in [5, 5.41) is 14.8.